The normalized spacial score (nSPS) is 13.7. The molecule has 0 heterocycles. The first kappa shape index (κ1) is 14.0. The van der Waals surface area contributed by atoms with Gasteiger partial charge in [0.05, 0.1) is 24.9 Å². The van der Waals surface area contributed by atoms with E-state index in [-0.39, 0.29) is 19.8 Å². The zero-order valence-electron chi connectivity index (χ0n) is 9.07. The highest BCUT2D eigenvalue weighted by atomic mass is 19.4. The van der Waals surface area contributed by atoms with Crippen LogP contribution in [0.3, 0.4) is 0 Å². The maximum absolute atomic E-state index is 12.5. The summed E-state index contributed by atoms with van der Waals surface area (Å²) >= 11 is 0. The van der Waals surface area contributed by atoms with E-state index in [1.807, 2.05) is 0 Å². The fraction of sp³-hybridized carbons (Fsp3) is 0.455. The van der Waals surface area contributed by atoms with Crippen molar-refractivity contribution in [1.82, 2.24) is 0 Å². The molecule has 17 heavy (non-hydrogen) atoms. The van der Waals surface area contributed by atoms with Crippen molar-refractivity contribution in [3.8, 4) is 0 Å². The third-order valence-electron chi connectivity index (χ3n) is 2.21. The van der Waals surface area contributed by atoms with E-state index in [1.165, 1.54) is 12.1 Å². The van der Waals surface area contributed by atoms with Gasteiger partial charge in [-0.05, 0) is 17.7 Å². The SMILES string of the molecule is NCC(OCCO)c1cccc(C(F)(F)F)c1. The van der Waals surface area contributed by atoms with Crippen LogP contribution in [0.4, 0.5) is 13.2 Å². The summed E-state index contributed by atoms with van der Waals surface area (Å²) in [5.41, 5.74) is 5.04. The lowest BCUT2D eigenvalue weighted by Gasteiger charge is -2.17. The van der Waals surface area contributed by atoms with Gasteiger partial charge in [-0.3, -0.25) is 0 Å². The highest BCUT2D eigenvalue weighted by molar-refractivity contribution is 5.27. The van der Waals surface area contributed by atoms with E-state index >= 15 is 0 Å². The Balaban J connectivity index is 2.89. The van der Waals surface area contributed by atoms with Crippen LogP contribution in [0.5, 0.6) is 0 Å². The second kappa shape index (κ2) is 6.00. The van der Waals surface area contributed by atoms with Crippen molar-refractivity contribution in [2.75, 3.05) is 19.8 Å². The van der Waals surface area contributed by atoms with Crippen molar-refractivity contribution < 1.29 is 23.0 Å². The quantitative estimate of drug-likeness (QED) is 0.835. The zero-order valence-corrected chi connectivity index (χ0v) is 9.07. The smallest absolute Gasteiger partial charge is 0.394 e. The van der Waals surface area contributed by atoms with E-state index in [9.17, 15) is 13.2 Å². The summed E-state index contributed by atoms with van der Waals surface area (Å²) in [5, 5.41) is 8.60. The van der Waals surface area contributed by atoms with Crippen LogP contribution >= 0.6 is 0 Å². The van der Waals surface area contributed by atoms with Gasteiger partial charge in [-0.2, -0.15) is 13.2 Å². The van der Waals surface area contributed by atoms with Crippen LogP contribution in [0.25, 0.3) is 0 Å². The third kappa shape index (κ3) is 3.99. The molecule has 0 spiro atoms. The summed E-state index contributed by atoms with van der Waals surface area (Å²) in [6.07, 6.45) is -5.02. The molecule has 0 saturated heterocycles. The molecule has 0 fully saturated rings. The summed E-state index contributed by atoms with van der Waals surface area (Å²) < 4.78 is 42.6. The van der Waals surface area contributed by atoms with Crippen molar-refractivity contribution in [3.63, 3.8) is 0 Å². The van der Waals surface area contributed by atoms with Crippen molar-refractivity contribution in [2.45, 2.75) is 12.3 Å². The number of hydrogen-bond donors (Lipinski definition) is 2. The summed E-state index contributed by atoms with van der Waals surface area (Å²) in [6.45, 7) is -0.102. The lowest BCUT2D eigenvalue weighted by molar-refractivity contribution is -0.137. The molecule has 0 aliphatic carbocycles. The van der Waals surface area contributed by atoms with Crippen LogP contribution in [0, 0.1) is 0 Å². The molecule has 0 amide bonds. The van der Waals surface area contributed by atoms with Crippen LogP contribution in [0.1, 0.15) is 17.2 Å². The maximum Gasteiger partial charge on any atom is 0.416 e. The molecule has 1 rings (SSSR count). The van der Waals surface area contributed by atoms with E-state index in [0.717, 1.165) is 12.1 Å². The monoisotopic (exact) mass is 249 g/mol. The molecule has 1 aromatic carbocycles. The van der Waals surface area contributed by atoms with Crippen LogP contribution in [-0.2, 0) is 10.9 Å². The summed E-state index contributed by atoms with van der Waals surface area (Å²) in [6, 6.07) is 4.82. The fourth-order valence-corrected chi connectivity index (χ4v) is 1.41. The van der Waals surface area contributed by atoms with E-state index in [4.69, 9.17) is 15.6 Å². The Hall–Kier alpha value is -1.11. The Morgan fingerprint density at radius 1 is 1.35 bits per heavy atom. The van der Waals surface area contributed by atoms with Crippen LogP contribution < -0.4 is 5.73 Å². The van der Waals surface area contributed by atoms with Crippen molar-refractivity contribution >= 4 is 0 Å². The molecule has 3 nitrogen and oxygen atoms in total. The average Bonchev–Trinajstić information content (AvgIpc) is 2.29. The highest BCUT2D eigenvalue weighted by Gasteiger charge is 2.30. The Bertz CT molecular complexity index is 355. The molecule has 1 unspecified atom stereocenters. The molecule has 0 saturated carbocycles. The van der Waals surface area contributed by atoms with Crippen LogP contribution in [0.2, 0.25) is 0 Å². The molecular weight excluding hydrogens is 235 g/mol. The summed E-state index contributed by atoms with van der Waals surface area (Å²) in [4.78, 5) is 0. The number of aliphatic hydroxyl groups is 1. The first-order valence-corrected chi connectivity index (χ1v) is 5.08. The molecule has 0 radical (unpaired) electrons. The number of nitrogens with two attached hydrogens (primary N) is 1. The Kier molecular flexibility index (Phi) is 4.92. The lowest BCUT2D eigenvalue weighted by atomic mass is 10.1. The van der Waals surface area contributed by atoms with Gasteiger partial charge in [0.15, 0.2) is 0 Å². The molecule has 0 bridgehead atoms. The molecule has 1 atom stereocenters. The predicted molar refractivity (Wildman–Crippen MR) is 56.3 cm³/mol. The number of halogens is 3. The molecular formula is C11H14F3NO2. The Morgan fingerprint density at radius 2 is 2.06 bits per heavy atom. The Labute approximate surface area is 97.0 Å². The minimum absolute atomic E-state index is 0.0398. The average molecular weight is 249 g/mol. The molecule has 0 aliphatic rings. The second-order valence-corrected chi connectivity index (χ2v) is 3.44. The van der Waals surface area contributed by atoms with E-state index < -0.39 is 17.8 Å². The van der Waals surface area contributed by atoms with Gasteiger partial charge in [-0.25, -0.2) is 0 Å². The maximum atomic E-state index is 12.5. The molecule has 0 aromatic heterocycles. The van der Waals surface area contributed by atoms with Crippen LogP contribution in [0.15, 0.2) is 24.3 Å². The standard InChI is InChI=1S/C11H14F3NO2/c12-11(13,14)9-3-1-2-8(6-9)10(7-15)17-5-4-16/h1-3,6,10,16H,4-5,7,15H2. The number of ether oxygens (including phenoxy) is 1. The molecule has 1 aromatic rings. The van der Waals surface area contributed by atoms with Gasteiger partial charge in [-0.15, -0.1) is 0 Å². The van der Waals surface area contributed by atoms with Gasteiger partial charge in [0.1, 0.15) is 0 Å². The predicted octanol–water partition coefficient (Wildman–Crippen LogP) is 1.71. The van der Waals surface area contributed by atoms with Gasteiger partial charge in [0, 0.05) is 6.54 Å². The number of aliphatic hydroxyl groups excluding tert-OH is 1. The number of benzene rings is 1. The minimum Gasteiger partial charge on any atom is -0.394 e. The molecule has 6 heteroatoms. The topological polar surface area (TPSA) is 55.5 Å². The molecule has 96 valence electrons. The van der Waals surface area contributed by atoms with E-state index in [1.54, 1.807) is 0 Å². The number of alkyl halides is 3. The second-order valence-electron chi connectivity index (χ2n) is 3.44. The number of rotatable bonds is 5. The van der Waals surface area contributed by atoms with Gasteiger partial charge < -0.3 is 15.6 Å². The highest BCUT2D eigenvalue weighted by Crippen LogP contribution is 2.31. The zero-order chi connectivity index (χ0) is 12.9. The third-order valence-corrected chi connectivity index (χ3v) is 2.21. The van der Waals surface area contributed by atoms with Crippen molar-refractivity contribution in [1.29, 1.82) is 0 Å². The largest absolute Gasteiger partial charge is 0.416 e. The van der Waals surface area contributed by atoms with Crippen molar-refractivity contribution in [3.05, 3.63) is 35.4 Å². The fourth-order valence-electron chi connectivity index (χ4n) is 1.41. The first-order valence-electron chi connectivity index (χ1n) is 5.08. The minimum atomic E-state index is -4.38. The first-order chi connectivity index (χ1) is 7.99. The van der Waals surface area contributed by atoms with Crippen molar-refractivity contribution in [2.24, 2.45) is 5.73 Å². The van der Waals surface area contributed by atoms with Gasteiger partial charge in [0.2, 0.25) is 0 Å². The Morgan fingerprint density at radius 3 is 2.59 bits per heavy atom. The molecule has 3 N–H and O–H groups in total. The van der Waals surface area contributed by atoms with Gasteiger partial charge in [-0.1, -0.05) is 12.1 Å². The van der Waals surface area contributed by atoms with E-state index in [0.29, 0.717) is 5.56 Å². The summed E-state index contributed by atoms with van der Waals surface area (Å²) in [5.74, 6) is 0. The van der Waals surface area contributed by atoms with Gasteiger partial charge in [0.25, 0.3) is 0 Å². The molecule has 0 aliphatic heterocycles. The summed E-state index contributed by atoms with van der Waals surface area (Å²) in [7, 11) is 0. The van der Waals surface area contributed by atoms with E-state index in [2.05, 4.69) is 0 Å². The number of hydrogen-bond acceptors (Lipinski definition) is 3. The van der Waals surface area contributed by atoms with Crippen LogP contribution in [-0.4, -0.2) is 24.9 Å². The lowest BCUT2D eigenvalue weighted by Crippen LogP contribution is -2.18. The van der Waals surface area contributed by atoms with Gasteiger partial charge >= 0.3 is 6.18 Å².